The highest BCUT2D eigenvalue weighted by Gasteiger charge is 2.25. The highest BCUT2D eigenvalue weighted by atomic mass is 16.5. The van der Waals surface area contributed by atoms with Crippen LogP contribution < -0.4 is 0 Å². The van der Waals surface area contributed by atoms with Crippen molar-refractivity contribution in [3.63, 3.8) is 0 Å². The molecule has 1 aliphatic rings. The highest BCUT2D eigenvalue weighted by Crippen LogP contribution is 2.20. The zero-order chi connectivity index (χ0) is 17.3. The Bertz CT molecular complexity index is 417. The van der Waals surface area contributed by atoms with Gasteiger partial charge in [0.2, 0.25) is 0 Å². The molecule has 3 heteroatoms. The van der Waals surface area contributed by atoms with Gasteiger partial charge in [-0.05, 0) is 46.1 Å². The van der Waals surface area contributed by atoms with Crippen molar-refractivity contribution in [3.8, 4) is 0 Å². The zero-order valence-corrected chi connectivity index (χ0v) is 15.4. The summed E-state index contributed by atoms with van der Waals surface area (Å²) >= 11 is 0. The number of ketones is 1. The Morgan fingerprint density at radius 2 is 1.65 bits per heavy atom. The molecule has 3 nitrogen and oxygen atoms in total. The molecule has 132 valence electrons. The largest absolute Gasteiger partial charge is 0.382 e. The molecule has 0 heterocycles. The second-order valence-electron chi connectivity index (χ2n) is 7.25. The summed E-state index contributed by atoms with van der Waals surface area (Å²) in [6.07, 6.45) is 14.1. The lowest BCUT2D eigenvalue weighted by Crippen LogP contribution is -2.32. The molecule has 0 aromatic heterocycles. The van der Waals surface area contributed by atoms with Crippen molar-refractivity contribution in [1.82, 2.24) is 0 Å². The fourth-order valence-corrected chi connectivity index (χ4v) is 2.95. The highest BCUT2D eigenvalue weighted by molar-refractivity contribution is 6.03. The molecular weight excluding hydrogens is 288 g/mol. The van der Waals surface area contributed by atoms with Crippen LogP contribution in [0.15, 0.2) is 23.3 Å². The van der Waals surface area contributed by atoms with E-state index in [1.807, 2.05) is 19.9 Å². The molecule has 0 radical (unpaired) electrons. The smallest absolute Gasteiger partial charge is 0.193 e. The van der Waals surface area contributed by atoms with Crippen molar-refractivity contribution in [2.45, 2.75) is 90.8 Å². The Labute approximate surface area is 141 Å². The summed E-state index contributed by atoms with van der Waals surface area (Å²) in [5.41, 5.74) is 0.237. The number of carbonyl (C=O) groups is 1. The van der Waals surface area contributed by atoms with Gasteiger partial charge in [0.25, 0.3) is 0 Å². The van der Waals surface area contributed by atoms with Crippen molar-refractivity contribution in [2.24, 2.45) is 0 Å². The van der Waals surface area contributed by atoms with E-state index < -0.39 is 5.60 Å². The Morgan fingerprint density at radius 1 is 1.13 bits per heavy atom. The number of hydrogen-bond acceptors (Lipinski definition) is 3. The average Bonchev–Trinajstić information content (AvgIpc) is 2.62. The van der Waals surface area contributed by atoms with Crippen LogP contribution in [0.4, 0.5) is 0 Å². The van der Waals surface area contributed by atoms with Gasteiger partial charge in [0, 0.05) is 5.57 Å². The molecule has 1 aliphatic carbocycles. The van der Waals surface area contributed by atoms with E-state index in [0.29, 0.717) is 18.3 Å². The van der Waals surface area contributed by atoms with Gasteiger partial charge in [-0.15, -0.1) is 0 Å². The molecule has 0 saturated heterocycles. The van der Waals surface area contributed by atoms with Gasteiger partial charge in [-0.25, -0.2) is 0 Å². The molecule has 23 heavy (non-hydrogen) atoms. The first-order chi connectivity index (χ1) is 10.8. The quantitative estimate of drug-likeness (QED) is 0.567. The number of ether oxygens (including phenoxy) is 1. The SMILES string of the molecule is CC=C(C=C(C)COC1CCCCCCCC1)C(=O)C(C)(C)O. The van der Waals surface area contributed by atoms with E-state index in [4.69, 9.17) is 4.74 Å². The number of Topliss-reactive ketones (excluding diaryl/α,β-unsaturated/α-hetero) is 1. The van der Waals surface area contributed by atoms with Crippen LogP contribution in [0.25, 0.3) is 0 Å². The summed E-state index contributed by atoms with van der Waals surface area (Å²) in [6.45, 7) is 7.41. The maximum Gasteiger partial charge on any atom is 0.193 e. The molecule has 1 N–H and O–H groups in total. The van der Waals surface area contributed by atoms with E-state index in [1.165, 1.54) is 52.4 Å². The minimum absolute atomic E-state index is 0.248. The first-order valence-electron chi connectivity index (χ1n) is 9.07. The number of rotatable bonds is 6. The third kappa shape index (κ3) is 7.94. The van der Waals surface area contributed by atoms with Crippen LogP contribution in [0.1, 0.15) is 79.1 Å². The first-order valence-corrected chi connectivity index (χ1v) is 9.07. The van der Waals surface area contributed by atoms with Gasteiger partial charge in [0.15, 0.2) is 5.78 Å². The molecule has 1 saturated carbocycles. The summed E-state index contributed by atoms with van der Waals surface area (Å²) in [5, 5.41) is 9.87. The number of hydrogen-bond donors (Lipinski definition) is 1. The van der Waals surface area contributed by atoms with Crippen LogP contribution >= 0.6 is 0 Å². The maximum atomic E-state index is 12.2. The van der Waals surface area contributed by atoms with Gasteiger partial charge < -0.3 is 9.84 Å². The van der Waals surface area contributed by atoms with Crippen LogP contribution in [0.5, 0.6) is 0 Å². The summed E-state index contributed by atoms with van der Waals surface area (Å²) in [4.78, 5) is 12.2. The molecule has 0 atom stereocenters. The molecule has 0 bridgehead atoms. The van der Waals surface area contributed by atoms with Crippen molar-refractivity contribution in [3.05, 3.63) is 23.3 Å². The molecule has 0 aromatic carbocycles. The number of aliphatic hydroxyl groups is 1. The monoisotopic (exact) mass is 322 g/mol. The standard InChI is InChI=1S/C20H34O3/c1-5-17(19(21)20(3,4)22)14-16(2)15-23-18-12-10-8-6-7-9-11-13-18/h5,14,18,22H,6-13,15H2,1-4H3. The summed E-state index contributed by atoms with van der Waals surface area (Å²) < 4.78 is 6.08. The van der Waals surface area contributed by atoms with Gasteiger partial charge in [-0.3, -0.25) is 4.79 Å². The Morgan fingerprint density at radius 3 is 2.13 bits per heavy atom. The topological polar surface area (TPSA) is 46.5 Å². The van der Waals surface area contributed by atoms with Crippen molar-refractivity contribution in [2.75, 3.05) is 6.61 Å². The van der Waals surface area contributed by atoms with Crippen LogP contribution in [0, 0.1) is 0 Å². The fourth-order valence-electron chi connectivity index (χ4n) is 2.95. The molecule has 0 aliphatic heterocycles. The third-order valence-electron chi connectivity index (χ3n) is 4.38. The minimum atomic E-state index is -1.34. The van der Waals surface area contributed by atoms with E-state index in [9.17, 15) is 9.90 Å². The van der Waals surface area contributed by atoms with E-state index in [0.717, 1.165) is 18.4 Å². The second kappa shape index (κ2) is 10.0. The van der Waals surface area contributed by atoms with E-state index in [-0.39, 0.29) is 5.78 Å². The summed E-state index contributed by atoms with van der Waals surface area (Å²) in [5.74, 6) is -0.248. The Kier molecular flexibility index (Phi) is 8.78. The van der Waals surface area contributed by atoms with Gasteiger partial charge in [-0.1, -0.05) is 50.7 Å². The molecule has 0 amide bonds. The van der Waals surface area contributed by atoms with Gasteiger partial charge in [0.1, 0.15) is 5.60 Å². The van der Waals surface area contributed by atoms with Crippen molar-refractivity contribution in [1.29, 1.82) is 0 Å². The average molecular weight is 322 g/mol. The molecule has 0 unspecified atom stereocenters. The van der Waals surface area contributed by atoms with Crippen molar-refractivity contribution >= 4 is 5.78 Å². The lowest BCUT2D eigenvalue weighted by atomic mass is 9.95. The van der Waals surface area contributed by atoms with Gasteiger partial charge >= 0.3 is 0 Å². The number of carbonyl (C=O) groups excluding carboxylic acids is 1. The Hall–Kier alpha value is -0.930. The minimum Gasteiger partial charge on any atom is -0.382 e. The van der Waals surface area contributed by atoms with Gasteiger partial charge in [0.05, 0.1) is 12.7 Å². The predicted molar refractivity (Wildman–Crippen MR) is 95.5 cm³/mol. The van der Waals surface area contributed by atoms with Crippen molar-refractivity contribution < 1.29 is 14.6 Å². The summed E-state index contributed by atoms with van der Waals surface area (Å²) in [6, 6.07) is 0. The second-order valence-corrected chi connectivity index (χ2v) is 7.25. The first kappa shape index (κ1) is 20.1. The number of allylic oxidation sites excluding steroid dienone is 2. The normalized spacial score (nSPS) is 19.9. The van der Waals surface area contributed by atoms with Crippen LogP contribution in [-0.4, -0.2) is 29.2 Å². The lowest BCUT2D eigenvalue weighted by Gasteiger charge is -2.18. The maximum absolute atomic E-state index is 12.2. The van der Waals surface area contributed by atoms with Crippen LogP contribution in [0.3, 0.4) is 0 Å². The zero-order valence-electron chi connectivity index (χ0n) is 15.4. The van der Waals surface area contributed by atoms with E-state index in [1.54, 1.807) is 6.08 Å². The molecule has 1 fully saturated rings. The van der Waals surface area contributed by atoms with E-state index in [2.05, 4.69) is 0 Å². The fraction of sp³-hybridized carbons (Fsp3) is 0.750. The predicted octanol–water partition coefficient (Wildman–Crippen LogP) is 4.74. The molecule has 0 spiro atoms. The Balaban J connectivity index is 2.55. The van der Waals surface area contributed by atoms with Crippen LogP contribution in [-0.2, 0) is 9.53 Å². The third-order valence-corrected chi connectivity index (χ3v) is 4.38. The summed E-state index contributed by atoms with van der Waals surface area (Å²) in [7, 11) is 0. The van der Waals surface area contributed by atoms with Crippen LogP contribution in [0.2, 0.25) is 0 Å². The van der Waals surface area contributed by atoms with E-state index >= 15 is 0 Å². The molecule has 0 aromatic rings. The lowest BCUT2D eigenvalue weighted by molar-refractivity contribution is -0.129. The molecule has 1 rings (SSSR count). The van der Waals surface area contributed by atoms with Gasteiger partial charge in [-0.2, -0.15) is 0 Å². The molecular formula is C20H34O3.